The van der Waals surface area contributed by atoms with Gasteiger partial charge in [0.1, 0.15) is 5.82 Å². The Kier molecular flexibility index (Phi) is 5.43. The van der Waals surface area contributed by atoms with Gasteiger partial charge in [0.2, 0.25) is 0 Å². The summed E-state index contributed by atoms with van der Waals surface area (Å²) in [7, 11) is 1.39. The van der Waals surface area contributed by atoms with E-state index in [1.54, 1.807) is 28.4 Å². The van der Waals surface area contributed by atoms with Gasteiger partial charge in [0.05, 0.1) is 18.7 Å². The number of esters is 1. The van der Waals surface area contributed by atoms with Crippen molar-refractivity contribution in [3.05, 3.63) is 76.4 Å². The van der Waals surface area contributed by atoms with Crippen molar-refractivity contribution in [3.8, 4) is 0 Å². The highest BCUT2D eigenvalue weighted by molar-refractivity contribution is 7.20. The van der Waals surface area contributed by atoms with Crippen LogP contribution < -0.4 is 5.32 Å². The molecule has 0 aliphatic carbocycles. The highest BCUT2D eigenvalue weighted by Gasteiger charge is 2.46. The number of rotatable bonds is 4. The van der Waals surface area contributed by atoms with E-state index in [4.69, 9.17) is 4.74 Å². The molecule has 2 atom stereocenters. The molecule has 32 heavy (non-hydrogen) atoms. The van der Waals surface area contributed by atoms with Crippen LogP contribution in [0.2, 0.25) is 0 Å². The first-order valence-corrected chi connectivity index (χ1v) is 11.5. The van der Waals surface area contributed by atoms with E-state index in [1.165, 1.54) is 23.9 Å². The van der Waals surface area contributed by atoms with Gasteiger partial charge in [0.25, 0.3) is 0 Å². The number of ether oxygens (including phenoxy) is 1. The minimum absolute atomic E-state index is 0.0295. The van der Waals surface area contributed by atoms with Crippen LogP contribution >= 0.6 is 11.3 Å². The van der Waals surface area contributed by atoms with Gasteiger partial charge in [-0.25, -0.2) is 14.0 Å². The van der Waals surface area contributed by atoms with Crippen LogP contribution in [0.25, 0.3) is 15.7 Å². The van der Waals surface area contributed by atoms with Gasteiger partial charge < -0.3 is 15.0 Å². The van der Waals surface area contributed by atoms with E-state index in [0.29, 0.717) is 18.5 Å². The van der Waals surface area contributed by atoms with Gasteiger partial charge in [-0.2, -0.15) is 0 Å². The van der Waals surface area contributed by atoms with E-state index < -0.39 is 0 Å². The Morgan fingerprint density at radius 2 is 1.94 bits per heavy atom. The van der Waals surface area contributed by atoms with Crippen LogP contribution in [0, 0.1) is 5.82 Å². The summed E-state index contributed by atoms with van der Waals surface area (Å²) in [5, 5.41) is 4.08. The van der Waals surface area contributed by atoms with Crippen LogP contribution in [0.5, 0.6) is 0 Å². The van der Waals surface area contributed by atoms with Crippen LogP contribution in [0.3, 0.4) is 0 Å². The summed E-state index contributed by atoms with van der Waals surface area (Å²) in [5.41, 5.74) is 2.40. The van der Waals surface area contributed by atoms with Gasteiger partial charge >= 0.3 is 12.0 Å². The molecule has 3 heterocycles. The highest BCUT2D eigenvalue weighted by atomic mass is 32.1. The van der Waals surface area contributed by atoms with Gasteiger partial charge in [-0.15, -0.1) is 11.3 Å². The van der Waals surface area contributed by atoms with E-state index in [-0.39, 0.29) is 29.9 Å². The lowest BCUT2D eigenvalue weighted by atomic mass is 9.92. The second-order valence-corrected chi connectivity index (χ2v) is 9.26. The number of hydrogen-bond donors (Lipinski definition) is 1. The largest absolute Gasteiger partial charge is 0.466 e. The number of carbonyl (C=O) groups excluding carboxylic acids is 2. The number of fused-ring (bicyclic) bond motifs is 3. The number of halogens is 1. The van der Waals surface area contributed by atoms with Crippen LogP contribution in [0.15, 0.2) is 60.2 Å². The lowest BCUT2D eigenvalue weighted by Crippen LogP contribution is -2.50. The molecule has 1 saturated heterocycles. The van der Waals surface area contributed by atoms with Crippen molar-refractivity contribution in [1.29, 1.82) is 0 Å². The van der Waals surface area contributed by atoms with E-state index >= 15 is 0 Å². The number of methoxy groups -OCH3 is 1. The molecular weight excluding hydrogens is 427 g/mol. The second-order valence-electron chi connectivity index (χ2n) is 8.18. The maximum absolute atomic E-state index is 13.1. The fourth-order valence-corrected chi connectivity index (χ4v) is 5.96. The zero-order valence-electron chi connectivity index (χ0n) is 17.6. The highest BCUT2D eigenvalue weighted by Crippen LogP contribution is 2.45. The van der Waals surface area contributed by atoms with Crippen molar-refractivity contribution in [2.45, 2.75) is 37.9 Å². The molecule has 0 unspecified atom stereocenters. The van der Waals surface area contributed by atoms with Crippen LogP contribution in [-0.4, -0.2) is 36.1 Å². The minimum Gasteiger partial charge on any atom is -0.466 e. The number of hydrogen-bond acceptors (Lipinski definition) is 4. The molecule has 2 aliphatic rings. The van der Waals surface area contributed by atoms with Gasteiger partial charge in [0, 0.05) is 22.2 Å². The van der Waals surface area contributed by atoms with Crippen molar-refractivity contribution in [2.75, 3.05) is 7.11 Å². The van der Waals surface area contributed by atoms with E-state index in [9.17, 15) is 14.0 Å². The minimum atomic E-state index is -0.376. The molecule has 2 aromatic carbocycles. The molecule has 7 heteroatoms. The molecule has 0 radical (unpaired) electrons. The monoisotopic (exact) mass is 450 g/mol. The number of nitrogens with zero attached hydrogens (tertiary/aromatic N) is 1. The molecule has 5 rings (SSSR count). The molecule has 2 amide bonds. The van der Waals surface area contributed by atoms with Crippen LogP contribution in [0.4, 0.5) is 9.18 Å². The molecular formula is C25H23FN2O3S. The lowest BCUT2D eigenvalue weighted by molar-refractivity contribution is -0.136. The third-order valence-electron chi connectivity index (χ3n) is 6.32. The van der Waals surface area contributed by atoms with Crippen molar-refractivity contribution in [3.63, 3.8) is 0 Å². The van der Waals surface area contributed by atoms with E-state index in [0.717, 1.165) is 34.2 Å². The zero-order chi connectivity index (χ0) is 22.2. The number of carbonyl (C=O) groups is 2. The van der Waals surface area contributed by atoms with Gasteiger partial charge in [-0.1, -0.05) is 30.3 Å². The van der Waals surface area contributed by atoms with Crippen LogP contribution in [0.1, 0.15) is 29.7 Å². The number of nitrogens with one attached hydrogen (secondary N) is 1. The molecule has 0 saturated carbocycles. The lowest BCUT2D eigenvalue weighted by Gasteiger charge is -2.36. The van der Waals surface area contributed by atoms with Gasteiger partial charge in [0.15, 0.2) is 0 Å². The molecule has 5 nitrogen and oxygen atoms in total. The Bertz CT molecular complexity index is 1180. The molecule has 2 bridgehead atoms. The van der Waals surface area contributed by atoms with Gasteiger partial charge in [-0.05, 0) is 60.1 Å². The van der Waals surface area contributed by atoms with Crippen molar-refractivity contribution in [1.82, 2.24) is 10.2 Å². The van der Waals surface area contributed by atoms with Crippen LogP contribution in [-0.2, 0) is 16.1 Å². The SMILES string of the molecule is COC(=O)C1=C(c2cc3ccccc3s2)C[C@@H]2CC[C@H]1N2C(=O)NCc1ccc(F)cc1. The first-order chi connectivity index (χ1) is 15.5. The summed E-state index contributed by atoms with van der Waals surface area (Å²) in [6, 6.07) is 15.9. The fraction of sp³-hybridized carbons (Fsp3) is 0.280. The second kappa shape index (κ2) is 8.39. The Morgan fingerprint density at radius 3 is 2.69 bits per heavy atom. The Labute approximate surface area is 189 Å². The molecule has 2 aliphatic heterocycles. The molecule has 1 N–H and O–H groups in total. The number of amides is 2. The number of thiophene rings is 1. The first-order valence-electron chi connectivity index (χ1n) is 10.7. The summed E-state index contributed by atoms with van der Waals surface area (Å²) < 4.78 is 19.5. The van der Waals surface area contributed by atoms with Crippen molar-refractivity contribution >= 4 is 39.0 Å². The predicted octanol–water partition coefficient (Wildman–Crippen LogP) is 5.11. The maximum Gasteiger partial charge on any atom is 0.336 e. The quantitative estimate of drug-likeness (QED) is 0.562. The molecule has 3 aromatic rings. The normalized spacial score (nSPS) is 20.0. The smallest absolute Gasteiger partial charge is 0.336 e. The van der Waals surface area contributed by atoms with Gasteiger partial charge in [-0.3, -0.25) is 0 Å². The Hall–Kier alpha value is -3.19. The Morgan fingerprint density at radius 1 is 1.16 bits per heavy atom. The topological polar surface area (TPSA) is 58.6 Å². The Balaban J connectivity index is 1.44. The predicted molar refractivity (Wildman–Crippen MR) is 123 cm³/mol. The zero-order valence-corrected chi connectivity index (χ0v) is 18.5. The number of urea groups is 1. The molecule has 1 fully saturated rings. The van der Waals surface area contributed by atoms with Crippen molar-refractivity contribution in [2.24, 2.45) is 0 Å². The standard InChI is InChI=1S/C25H23FN2O3S/c1-31-24(29)23-19(22-12-16-4-2-3-5-21(16)32-22)13-18-10-11-20(23)28(18)25(30)27-14-15-6-8-17(26)9-7-15/h2-9,12,18,20H,10-11,13-14H2,1H3,(H,27,30)/t18-,20+/m0/s1. The van der Waals surface area contributed by atoms with E-state index in [1.807, 2.05) is 12.1 Å². The van der Waals surface area contributed by atoms with Crippen molar-refractivity contribution < 1.29 is 18.7 Å². The van der Waals surface area contributed by atoms with E-state index in [2.05, 4.69) is 23.5 Å². The number of benzene rings is 2. The summed E-state index contributed by atoms with van der Waals surface area (Å²) in [6.07, 6.45) is 2.19. The average Bonchev–Trinajstić information content (AvgIpc) is 3.37. The average molecular weight is 451 g/mol. The fourth-order valence-electron chi connectivity index (χ4n) is 4.83. The summed E-state index contributed by atoms with van der Waals surface area (Å²) in [4.78, 5) is 28.8. The third kappa shape index (κ3) is 3.66. The summed E-state index contributed by atoms with van der Waals surface area (Å²) in [5.74, 6) is -0.685. The first kappa shape index (κ1) is 20.7. The molecule has 1 aromatic heterocycles. The summed E-state index contributed by atoms with van der Waals surface area (Å²) in [6.45, 7) is 0.301. The maximum atomic E-state index is 13.1. The third-order valence-corrected chi connectivity index (χ3v) is 7.50. The molecule has 0 spiro atoms. The summed E-state index contributed by atoms with van der Waals surface area (Å²) >= 11 is 1.67. The molecule has 164 valence electrons.